The van der Waals surface area contributed by atoms with E-state index < -0.39 is 0 Å². The van der Waals surface area contributed by atoms with Gasteiger partial charge in [-0.1, -0.05) is 30.3 Å². The molecule has 4 rings (SSSR count). The van der Waals surface area contributed by atoms with E-state index in [9.17, 15) is 4.39 Å². The van der Waals surface area contributed by atoms with E-state index in [2.05, 4.69) is 10.2 Å². The lowest BCUT2D eigenvalue weighted by Gasteiger charge is -2.17. The number of anilines is 1. The lowest BCUT2D eigenvalue weighted by molar-refractivity contribution is 0.358. The molecule has 2 aromatic carbocycles. The first-order valence-electron chi connectivity index (χ1n) is 8.59. The Morgan fingerprint density at radius 2 is 1.70 bits per heavy atom. The molecule has 1 aliphatic heterocycles. The monoisotopic (exact) mass is 364 g/mol. The van der Waals surface area contributed by atoms with Crippen molar-refractivity contribution < 1.29 is 8.78 Å². The van der Waals surface area contributed by atoms with Crippen LogP contribution in [0.1, 0.15) is 16.7 Å². The maximum Gasteiger partial charge on any atom is 0.146 e. The molecule has 0 atom stereocenters. The van der Waals surface area contributed by atoms with Crippen molar-refractivity contribution in [1.29, 1.82) is 0 Å². The molecule has 0 saturated carbocycles. The molecule has 0 amide bonds. The number of hydrogen-bond acceptors (Lipinski definition) is 4. The Morgan fingerprint density at radius 1 is 0.926 bits per heavy atom. The van der Waals surface area contributed by atoms with Crippen molar-refractivity contribution in [2.45, 2.75) is 6.54 Å². The minimum Gasteiger partial charge on any atom is -0.382 e. The van der Waals surface area contributed by atoms with Gasteiger partial charge in [0.1, 0.15) is 17.5 Å². The average molecular weight is 364 g/mol. The molecule has 1 aliphatic rings. The summed E-state index contributed by atoms with van der Waals surface area (Å²) in [6.45, 7) is 1.00. The number of nitrogens with two attached hydrogens (primary N) is 1. The lowest BCUT2D eigenvalue weighted by atomic mass is 9.91. The minimum absolute atomic E-state index is 0.276. The van der Waals surface area contributed by atoms with E-state index in [1.165, 1.54) is 6.07 Å². The van der Waals surface area contributed by atoms with Crippen molar-refractivity contribution in [1.82, 2.24) is 15.1 Å². The number of hydrogen-bond donors (Lipinski definition) is 1. The summed E-state index contributed by atoms with van der Waals surface area (Å²) in [5, 5.41) is 7.79. The van der Waals surface area contributed by atoms with E-state index in [0.717, 1.165) is 0 Å². The number of aromatic nitrogens is 2. The third-order valence-corrected chi connectivity index (χ3v) is 4.69. The predicted molar refractivity (Wildman–Crippen MR) is 102 cm³/mol. The Labute approximate surface area is 156 Å². The topological polar surface area (TPSA) is 55.0 Å². The molecule has 0 radical (unpaired) electrons. The molecule has 136 valence electrons. The quantitative estimate of drug-likeness (QED) is 0.750. The number of nitrogen functional groups attached to an aromatic ring is 1. The summed E-state index contributed by atoms with van der Waals surface area (Å²) in [5.41, 5.74) is 8.70. The lowest BCUT2D eigenvalue weighted by Crippen LogP contribution is -2.17. The maximum absolute atomic E-state index is 15.4. The van der Waals surface area contributed by atoms with Gasteiger partial charge in [-0.3, -0.25) is 4.90 Å². The van der Waals surface area contributed by atoms with Crippen molar-refractivity contribution >= 4 is 11.4 Å². The van der Waals surface area contributed by atoms with Crippen molar-refractivity contribution in [2.24, 2.45) is 0 Å². The summed E-state index contributed by atoms with van der Waals surface area (Å²) in [5.74, 6) is -0.422. The first-order chi connectivity index (χ1) is 13.0. The zero-order valence-electron chi connectivity index (χ0n) is 14.8. The third kappa shape index (κ3) is 3.19. The summed E-state index contributed by atoms with van der Waals surface area (Å²) < 4.78 is 29.8. The van der Waals surface area contributed by atoms with Crippen LogP contribution in [0.3, 0.4) is 0 Å². The Bertz CT molecular complexity index is 1030. The number of benzene rings is 2. The molecule has 0 aliphatic carbocycles. The molecule has 0 spiro atoms. The first kappa shape index (κ1) is 17.3. The molecule has 0 bridgehead atoms. The van der Waals surface area contributed by atoms with E-state index in [0.29, 0.717) is 46.6 Å². The van der Waals surface area contributed by atoms with Gasteiger partial charge in [-0.2, -0.15) is 0 Å². The molecular weight excluding hydrogens is 346 g/mol. The van der Waals surface area contributed by atoms with Crippen LogP contribution in [0.4, 0.5) is 14.6 Å². The Morgan fingerprint density at radius 3 is 2.44 bits per heavy atom. The molecule has 2 heterocycles. The Hall–Kier alpha value is -3.12. The Balaban J connectivity index is 1.89. The van der Waals surface area contributed by atoms with Crippen LogP contribution in [-0.4, -0.2) is 28.7 Å². The van der Waals surface area contributed by atoms with Crippen LogP contribution in [0.25, 0.3) is 16.8 Å². The van der Waals surface area contributed by atoms with E-state index in [-0.39, 0.29) is 17.5 Å². The van der Waals surface area contributed by atoms with Gasteiger partial charge in [-0.25, -0.2) is 8.78 Å². The van der Waals surface area contributed by atoms with E-state index in [1.807, 2.05) is 24.1 Å². The highest BCUT2D eigenvalue weighted by Crippen LogP contribution is 2.35. The zero-order chi connectivity index (χ0) is 19.0. The standard InChI is InChI=1S/C21H18F2N4/c1-27-11-10-14(15-4-2-3-5-18(15)22)13-6-7-16(21(23)17(13)12-27)19-8-9-20(24)26-25-19/h2-10H,11-12H2,1H3,(H2,24,26). The van der Waals surface area contributed by atoms with Gasteiger partial charge in [0, 0.05) is 29.8 Å². The highest BCUT2D eigenvalue weighted by Gasteiger charge is 2.23. The van der Waals surface area contributed by atoms with Crippen molar-refractivity contribution in [2.75, 3.05) is 19.3 Å². The zero-order valence-corrected chi connectivity index (χ0v) is 14.8. The smallest absolute Gasteiger partial charge is 0.146 e. The highest BCUT2D eigenvalue weighted by atomic mass is 19.1. The molecular formula is C21H18F2N4. The molecule has 1 aromatic heterocycles. The maximum atomic E-state index is 15.4. The predicted octanol–water partition coefficient (Wildman–Crippen LogP) is 3.88. The number of likely N-dealkylation sites (N-methyl/N-ethyl adjacent to an activating group) is 1. The van der Waals surface area contributed by atoms with Gasteiger partial charge in [-0.05, 0) is 42.4 Å². The molecule has 3 aromatic rings. The molecule has 6 heteroatoms. The van der Waals surface area contributed by atoms with Gasteiger partial charge in [0.25, 0.3) is 0 Å². The van der Waals surface area contributed by atoms with Gasteiger partial charge in [0.05, 0.1) is 5.69 Å². The molecule has 27 heavy (non-hydrogen) atoms. The van der Waals surface area contributed by atoms with E-state index in [1.54, 1.807) is 36.4 Å². The highest BCUT2D eigenvalue weighted by molar-refractivity contribution is 5.83. The van der Waals surface area contributed by atoms with Crippen LogP contribution >= 0.6 is 0 Å². The van der Waals surface area contributed by atoms with Crippen LogP contribution in [0.2, 0.25) is 0 Å². The number of nitrogens with zero attached hydrogens (tertiary/aromatic N) is 3. The number of rotatable bonds is 2. The molecule has 4 nitrogen and oxygen atoms in total. The number of fused-ring (bicyclic) bond motifs is 1. The van der Waals surface area contributed by atoms with Gasteiger partial charge < -0.3 is 5.73 Å². The van der Waals surface area contributed by atoms with Crippen LogP contribution in [0.5, 0.6) is 0 Å². The van der Waals surface area contributed by atoms with E-state index in [4.69, 9.17) is 5.73 Å². The second-order valence-corrected chi connectivity index (χ2v) is 6.59. The van der Waals surface area contributed by atoms with Gasteiger partial charge in [0.15, 0.2) is 0 Å². The normalized spacial score (nSPS) is 14.4. The van der Waals surface area contributed by atoms with Gasteiger partial charge in [0.2, 0.25) is 0 Å². The summed E-state index contributed by atoms with van der Waals surface area (Å²) in [7, 11) is 1.90. The second kappa shape index (κ2) is 6.89. The summed E-state index contributed by atoms with van der Waals surface area (Å²) in [4.78, 5) is 1.98. The second-order valence-electron chi connectivity index (χ2n) is 6.59. The first-order valence-corrected chi connectivity index (χ1v) is 8.59. The fourth-order valence-corrected chi connectivity index (χ4v) is 3.34. The fourth-order valence-electron chi connectivity index (χ4n) is 3.34. The number of halogens is 2. The van der Waals surface area contributed by atoms with Crippen molar-refractivity contribution in [3.8, 4) is 11.3 Å². The molecule has 0 fully saturated rings. The third-order valence-electron chi connectivity index (χ3n) is 4.69. The van der Waals surface area contributed by atoms with Crippen LogP contribution in [0.15, 0.2) is 54.6 Å². The molecule has 0 unspecified atom stereocenters. The summed E-state index contributed by atoms with van der Waals surface area (Å²) >= 11 is 0. The Kier molecular flexibility index (Phi) is 4.41. The molecule has 0 saturated heterocycles. The SMILES string of the molecule is CN1CC=C(c2ccccc2F)c2ccc(-c3ccc(N)nn3)c(F)c2C1. The van der Waals surface area contributed by atoms with Crippen LogP contribution in [-0.2, 0) is 6.54 Å². The van der Waals surface area contributed by atoms with Gasteiger partial charge >= 0.3 is 0 Å². The van der Waals surface area contributed by atoms with Crippen molar-refractivity contribution in [3.05, 3.63) is 82.9 Å². The largest absolute Gasteiger partial charge is 0.382 e. The van der Waals surface area contributed by atoms with Crippen LogP contribution < -0.4 is 5.73 Å². The molecule has 2 N–H and O–H groups in total. The fraction of sp³-hybridized carbons (Fsp3) is 0.143. The summed E-state index contributed by atoms with van der Waals surface area (Å²) in [6.07, 6.45) is 1.94. The van der Waals surface area contributed by atoms with Crippen molar-refractivity contribution in [3.63, 3.8) is 0 Å². The average Bonchev–Trinajstić information content (AvgIpc) is 2.83. The minimum atomic E-state index is -0.373. The van der Waals surface area contributed by atoms with Gasteiger partial charge in [-0.15, -0.1) is 10.2 Å². The van der Waals surface area contributed by atoms with Crippen LogP contribution in [0, 0.1) is 11.6 Å². The summed E-state index contributed by atoms with van der Waals surface area (Å²) in [6, 6.07) is 13.3. The van der Waals surface area contributed by atoms with E-state index >= 15 is 4.39 Å².